The summed E-state index contributed by atoms with van der Waals surface area (Å²) in [5, 5.41) is 8.45. The predicted octanol–water partition coefficient (Wildman–Crippen LogP) is 1.55. The fourth-order valence-corrected chi connectivity index (χ4v) is 1.61. The van der Waals surface area contributed by atoms with Gasteiger partial charge in [0.1, 0.15) is 0 Å². The highest BCUT2D eigenvalue weighted by Crippen LogP contribution is 2.20. The van der Waals surface area contributed by atoms with E-state index < -0.39 is 0 Å². The minimum atomic E-state index is -0.141. The first kappa shape index (κ1) is 19.4. The van der Waals surface area contributed by atoms with Crippen LogP contribution in [0.5, 0.6) is 0 Å². The number of aryl methyl sites for hydroxylation is 1. The van der Waals surface area contributed by atoms with E-state index in [1.807, 2.05) is 13.0 Å². The van der Waals surface area contributed by atoms with Crippen LogP contribution in [0.15, 0.2) is 18.2 Å². The molecule has 0 aliphatic carbocycles. The van der Waals surface area contributed by atoms with Gasteiger partial charge in [-0.2, -0.15) is 0 Å². The van der Waals surface area contributed by atoms with Crippen molar-refractivity contribution < 1.29 is 14.3 Å². The van der Waals surface area contributed by atoms with Crippen molar-refractivity contribution in [3.8, 4) is 0 Å². The molecule has 0 fully saturated rings. The van der Waals surface area contributed by atoms with E-state index in [4.69, 9.17) is 4.74 Å². The van der Waals surface area contributed by atoms with Crippen molar-refractivity contribution in [2.75, 3.05) is 37.4 Å². The highest BCUT2D eigenvalue weighted by Gasteiger charge is 2.05. The number of benzene rings is 1. The smallest absolute Gasteiger partial charge is 0.238 e. The van der Waals surface area contributed by atoms with Crippen molar-refractivity contribution in [1.29, 1.82) is 0 Å². The first-order chi connectivity index (χ1) is 9.52. The van der Waals surface area contributed by atoms with Crippen LogP contribution in [-0.4, -0.2) is 38.6 Å². The molecule has 6 nitrogen and oxygen atoms in total. The molecule has 2 amide bonds. The van der Waals surface area contributed by atoms with Crippen LogP contribution in [0, 0.1) is 6.92 Å². The first-order valence-electron chi connectivity index (χ1n) is 6.40. The van der Waals surface area contributed by atoms with Crippen LogP contribution in [0.2, 0.25) is 0 Å². The first-order valence-corrected chi connectivity index (χ1v) is 6.40. The van der Waals surface area contributed by atoms with Gasteiger partial charge in [-0.15, -0.1) is 12.4 Å². The Labute approximate surface area is 131 Å². The number of anilines is 2. The normalized spacial score (nSPS) is 9.67. The quantitative estimate of drug-likeness (QED) is 0.667. The molecular formula is C14H22ClN3O3. The maximum Gasteiger partial charge on any atom is 0.238 e. The Balaban J connectivity index is 0.00000400. The molecule has 0 aromatic heterocycles. The number of hydrogen-bond acceptors (Lipinski definition) is 4. The monoisotopic (exact) mass is 315 g/mol. The average Bonchev–Trinajstić information content (AvgIpc) is 2.38. The van der Waals surface area contributed by atoms with Gasteiger partial charge in [-0.1, -0.05) is 6.07 Å². The Morgan fingerprint density at radius 2 is 1.95 bits per heavy atom. The molecule has 7 heteroatoms. The standard InChI is InChI=1S/C14H21N3O3.ClH/c1-10-4-5-12(8-13(10)16-11(2)18)17-14(19)9-15-6-7-20-3;/h4-5,8,15H,6-7,9H2,1-3H3,(H,16,18)(H,17,19);1H. The van der Waals surface area contributed by atoms with Gasteiger partial charge in [-0.25, -0.2) is 0 Å². The predicted molar refractivity (Wildman–Crippen MR) is 86.1 cm³/mol. The lowest BCUT2D eigenvalue weighted by molar-refractivity contribution is -0.115. The number of carbonyl (C=O) groups excluding carboxylic acids is 2. The summed E-state index contributed by atoms with van der Waals surface area (Å²) in [6.45, 7) is 4.74. The fourth-order valence-electron chi connectivity index (χ4n) is 1.61. The van der Waals surface area contributed by atoms with Gasteiger partial charge >= 0.3 is 0 Å². The molecule has 0 atom stereocenters. The third kappa shape index (κ3) is 7.65. The molecular weight excluding hydrogens is 294 g/mol. The summed E-state index contributed by atoms with van der Waals surface area (Å²) in [5.41, 5.74) is 2.29. The molecule has 0 saturated heterocycles. The zero-order valence-corrected chi connectivity index (χ0v) is 13.3. The third-order valence-corrected chi connectivity index (χ3v) is 2.60. The second-order valence-corrected chi connectivity index (χ2v) is 4.43. The number of carbonyl (C=O) groups is 2. The summed E-state index contributed by atoms with van der Waals surface area (Å²) >= 11 is 0. The molecule has 0 bridgehead atoms. The molecule has 3 N–H and O–H groups in total. The maximum atomic E-state index is 11.7. The van der Waals surface area contributed by atoms with E-state index in [0.717, 1.165) is 5.56 Å². The van der Waals surface area contributed by atoms with E-state index in [-0.39, 0.29) is 30.8 Å². The lowest BCUT2D eigenvalue weighted by atomic mass is 10.1. The molecule has 0 unspecified atom stereocenters. The summed E-state index contributed by atoms with van der Waals surface area (Å²) in [4.78, 5) is 22.8. The van der Waals surface area contributed by atoms with Crippen LogP contribution < -0.4 is 16.0 Å². The zero-order chi connectivity index (χ0) is 15.0. The van der Waals surface area contributed by atoms with Gasteiger partial charge in [0, 0.05) is 32.0 Å². The van der Waals surface area contributed by atoms with Gasteiger partial charge in [0.05, 0.1) is 13.2 Å². The van der Waals surface area contributed by atoms with Gasteiger partial charge in [-0.3, -0.25) is 9.59 Å². The molecule has 0 spiro atoms. The summed E-state index contributed by atoms with van der Waals surface area (Å²) in [6.07, 6.45) is 0. The van der Waals surface area contributed by atoms with E-state index in [0.29, 0.717) is 24.5 Å². The number of halogens is 1. The minimum absolute atomic E-state index is 0. The largest absolute Gasteiger partial charge is 0.383 e. The zero-order valence-electron chi connectivity index (χ0n) is 12.5. The van der Waals surface area contributed by atoms with Crippen LogP contribution in [-0.2, 0) is 14.3 Å². The van der Waals surface area contributed by atoms with E-state index >= 15 is 0 Å². The summed E-state index contributed by atoms with van der Waals surface area (Å²) < 4.78 is 4.87. The van der Waals surface area contributed by atoms with Crippen LogP contribution in [0.3, 0.4) is 0 Å². The van der Waals surface area contributed by atoms with Crippen LogP contribution in [0.4, 0.5) is 11.4 Å². The minimum Gasteiger partial charge on any atom is -0.383 e. The Bertz CT molecular complexity index is 481. The molecule has 118 valence electrons. The number of methoxy groups -OCH3 is 1. The topological polar surface area (TPSA) is 79.5 Å². The van der Waals surface area contributed by atoms with E-state index in [9.17, 15) is 9.59 Å². The van der Waals surface area contributed by atoms with Gasteiger partial charge in [0.25, 0.3) is 0 Å². The fraction of sp³-hybridized carbons (Fsp3) is 0.429. The van der Waals surface area contributed by atoms with Crippen molar-refractivity contribution in [2.24, 2.45) is 0 Å². The Hall–Kier alpha value is -1.63. The highest BCUT2D eigenvalue weighted by atomic mass is 35.5. The Morgan fingerprint density at radius 1 is 1.24 bits per heavy atom. The molecule has 1 aromatic rings. The third-order valence-electron chi connectivity index (χ3n) is 2.60. The van der Waals surface area contributed by atoms with Gasteiger partial charge in [-0.05, 0) is 24.6 Å². The van der Waals surface area contributed by atoms with Crippen molar-refractivity contribution in [3.05, 3.63) is 23.8 Å². The summed E-state index contributed by atoms with van der Waals surface area (Å²) in [7, 11) is 1.61. The molecule has 21 heavy (non-hydrogen) atoms. The number of amides is 2. The summed E-state index contributed by atoms with van der Waals surface area (Å²) in [5.74, 6) is -0.281. The number of ether oxygens (including phenoxy) is 1. The van der Waals surface area contributed by atoms with Crippen LogP contribution in [0.25, 0.3) is 0 Å². The van der Waals surface area contributed by atoms with E-state index in [1.54, 1.807) is 19.2 Å². The number of hydrogen-bond donors (Lipinski definition) is 3. The van der Waals surface area contributed by atoms with Crippen molar-refractivity contribution in [3.63, 3.8) is 0 Å². The van der Waals surface area contributed by atoms with Crippen molar-refractivity contribution >= 4 is 35.6 Å². The summed E-state index contributed by atoms with van der Waals surface area (Å²) in [6, 6.07) is 5.39. The molecule has 0 aliphatic rings. The molecule has 0 saturated carbocycles. The van der Waals surface area contributed by atoms with Crippen LogP contribution >= 0.6 is 12.4 Å². The van der Waals surface area contributed by atoms with Gasteiger partial charge in [0.2, 0.25) is 11.8 Å². The average molecular weight is 316 g/mol. The molecule has 1 rings (SSSR count). The highest BCUT2D eigenvalue weighted by molar-refractivity contribution is 5.94. The number of nitrogens with one attached hydrogen (secondary N) is 3. The van der Waals surface area contributed by atoms with E-state index in [1.165, 1.54) is 6.92 Å². The molecule has 1 aromatic carbocycles. The van der Waals surface area contributed by atoms with Gasteiger partial charge < -0.3 is 20.7 Å². The molecule has 0 heterocycles. The lowest BCUT2D eigenvalue weighted by Crippen LogP contribution is -2.30. The van der Waals surface area contributed by atoms with Crippen LogP contribution in [0.1, 0.15) is 12.5 Å². The van der Waals surface area contributed by atoms with Crippen molar-refractivity contribution in [1.82, 2.24) is 5.32 Å². The molecule has 0 aliphatic heterocycles. The second-order valence-electron chi connectivity index (χ2n) is 4.43. The maximum absolute atomic E-state index is 11.7. The van der Waals surface area contributed by atoms with Gasteiger partial charge in [0.15, 0.2) is 0 Å². The second kappa shape index (κ2) is 10.1. The number of rotatable bonds is 7. The Kier molecular flexibility index (Phi) is 9.36. The SMILES string of the molecule is COCCNCC(=O)Nc1ccc(C)c(NC(C)=O)c1.Cl. The Morgan fingerprint density at radius 3 is 2.57 bits per heavy atom. The molecule has 0 radical (unpaired) electrons. The lowest BCUT2D eigenvalue weighted by Gasteiger charge is -2.11. The van der Waals surface area contributed by atoms with Crippen molar-refractivity contribution in [2.45, 2.75) is 13.8 Å². The van der Waals surface area contributed by atoms with E-state index in [2.05, 4.69) is 16.0 Å².